The first kappa shape index (κ1) is 18.4. The number of hydrogen-bond acceptors (Lipinski definition) is 8. The van der Waals surface area contributed by atoms with Crippen molar-refractivity contribution < 1.29 is 26.5 Å². The van der Waals surface area contributed by atoms with Gasteiger partial charge in [-0.05, 0) is 12.5 Å². The summed E-state index contributed by atoms with van der Waals surface area (Å²) in [7, 11) is -7.91. The largest absolute Gasteiger partial charge is 0.391 e. The number of sulfone groups is 1. The Morgan fingerprint density at radius 2 is 1.92 bits per heavy atom. The lowest BCUT2D eigenvalue weighted by molar-refractivity contribution is 0.279. The standard InChI is InChI=1S/C12H15N3O7S2/c1-23(18,19)12-13-6-8-5-9(7-16)11(17)15(10(8)14-12)3-2-4-24(20,21)22/h5-6,16H,2-4,7H2,1H3,(H,20,21,22). The first-order valence-corrected chi connectivity index (χ1v) is 10.2. The number of aliphatic hydroxyl groups excluding tert-OH is 1. The number of aromatic nitrogens is 3. The molecule has 0 saturated carbocycles. The van der Waals surface area contributed by atoms with Crippen LogP contribution in [0.25, 0.3) is 11.0 Å². The maximum absolute atomic E-state index is 12.3. The average Bonchev–Trinajstić information content (AvgIpc) is 2.46. The zero-order chi connectivity index (χ0) is 18.1. The zero-order valence-corrected chi connectivity index (χ0v) is 14.2. The van der Waals surface area contributed by atoms with Crippen LogP contribution in [0.15, 0.2) is 22.2 Å². The Morgan fingerprint density at radius 1 is 1.25 bits per heavy atom. The van der Waals surface area contributed by atoms with Gasteiger partial charge >= 0.3 is 0 Å². The number of nitrogens with zero attached hydrogens (tertiary/aromatic N) is 3. The summed E-state index contributed by atoms with van der Waals surface area (Å²) in [6, 6.07) is 1.34. The van der Waals surface area contributed by atoms with Crippen LogP contribution in [0, 0.1) is 0 Å². The summed E-state index contributed by atoms with van der Waals surface area (Å²) in [5.74, 6) is -0.575. The number of fused-ring (bicyclic) bond motifs is 1. The van der Waals surface area contributed by atoms with Crippen LogP contribution in [0.5, 0.6) is 0 Å². The number of aryl methyl sites for hydroxylation is 1. The van der Waals surface area contributed by atoms with Crippen LogP contribution in [-0.4, -0.2) is 53.0 Å². The topological polar surface area (TPSA) is 157 Å². The molecule has 0 aromatic carbocycles. The molecule has 0 saturated heterocycles. The zero-order valence-electron chi connectivity index (χ0n) is 12.6. The molecule has 0 bridgehead atoms. The number of pyridine rings is 1. The van der Waals surface area contributed by atoms with Gasteiger partial charge in [-0.2, -0.15) is 13.4 Å². The molecule has 0 aliphatic rings. The third kappa shape index (κ3) is 4.14. The van der Waals surface area contributed by atoms with E-state index in [1.54, 1.807) is 0 Å². The lowest BCUT2D eigenvalue weighted by Crippen LogP contribution is -2.26. The van der Waals surface area contributed by atoms with Crippen molar-refractivity contribution >= 4 is 31.0 Å². The Morgan fingerprint density at radius 3 is 2.46 bits per heavy atom. The molecule has 0 unspecified atom stereocenters. The molecule has 10 nitrogen and oxygen atoms in total. The Balaban J connectivity index is 2.63. The highest BCUT2D eigenvalue weighted by Gasteiger charge is 2.16. The van der Waals surface area contributed by atoms with Crippen LogP contribution >= 0.6 is 0 Å². The predicted molar refractivity (Wildman–Crippen MR) is 83.9 cm³/mol. The number of aliphatic hydroxyl groups is 1. The average molecular weight is 377 g/mol. The van der Waals surface area contributed by atoms with Crippen molar-refractivity contribution in [3.05, 3.63) is 28.2 Å². The van der Waals surface area contributed by atoms with Crippen molar-refractivity contribution in [2.45, 2.75) is 24.7 Å². The molecule has 0 aliphatic heterocycles. The van der Waals surface area contributed by atoms with Gasteiger partial charge < -0.3 is 5.11 Å². The van der Waals surface area contributed by atoms with Crippen molar-refractivity contribution in [3.8, 4) is 0 Å². The van der Waals surface area contributed by atoms with E-state index in [9.17, 15) is 26.7 Å². The minimum atomic E-state index is -4.20. The second kappa shape index (κ2) is 6.55. The van der Waals surface area contributed by atoms with E-state index < -0.39 is 43.0 Å². The second-order valence-electron chi connectivity index (χ2n) is 5.13. The van der Waals surface area contributed by atoms with Crippen molar-refractivity contribution in [1.29, 1.82) is 0 Å². The normalized spacial score (nSPS) is 12.6. The summed E-state index contributed by atoms with van der Waals surface area (Å²) >= 11 is 0. The van der Waals surface area contributed by atoms with Crippen molar-refractivity contribution in [2.75, 3.05) is 12.0 Å². The van der Waals surface area contributed by atoms with E-state index in [2.05, 4.69) is 9.97 Å². The molecule has 132 valence electrons. The third-order valence-corrected chi connectivity index (χ3v) is 4.83. The molecule has 0 atom stereocenters. The van der Waals surface area contributed by atoms with Crippen molar-refractivity contribution in [3.63, 3.8) is 0 Å². The van der Waals surface area contributed by atoms with E-state index in [-0.39, 0.29) is 24.2 Å². The number of rotatable bonds is 6. The van der Waals surface area contributed by atoms with Crippen LogP contribution in [0.4, 0.5) is 0 Å². The van der Waals surface area contributed by atoms with Crippen molar-refractivity contribution in [1.82, 2.24) is 14.5 Å². The molecular weight excluding hydrogens is 362 g/mol. The lowest BCUT2D eigenvalue weighted by Gasteiger charge is -2.11. The Kier molecular flexibility index (Phi) is 5.03. The fraction of sp³-hybridized carbons (Fsp3) is 0.417. The highest BCUT2D eigenvalue weighted by Crippen LogP contribution is 2.14. The summed E-state index contributed by atoms with van der Waals surface area (Å²) < 4.78 is 54.6. The first-order valence-electron chi connectivity index (χ1n) is 6.68. The van der Waals surface area contributed by atoms with Gasteiger partial charge in [-0.3, -0.25) is 13.9 Å². The van der Waals surface area contributed by atoms with Crippen LogP contribution in [0.1, 0.15) is 12.0 Å². The van der Waals surface area contributed by atoms with Gasteiger partial charge in [0.05, 0.1) is 12.4 Å². The summed E-state index contributed by atoms with van der Waals surface area (Å²) in [6.07, 6.45) is 2.02. The molecule has 2 aromatic rings. The summed E-state index contributed by atoms with van der Waals surface area (Å²) in [5.41, 5.74) is -0.591. The van der Waals surface area contributed by atoms with Gasteiger partial charge in [0.1, 0.15) is 5.65 Å². The summed E-state index contributed by atoms with van der Waals surface area (Å²) in [5, 5.41) is 9.10. The SMILES string of the molecule is CS(=O)(=O)c1ncc2cc(CO)c(=O)n(CCCS(=O)(=O)O)c2n1. The monoisotopic (exact) mass is 377 g/mol. The Bertz CT molecular complexity index is 1040. The minimum Gasteiger partial charge on any atom is -0.391 e. The molecule has 24 heavy (non-hydrogen) atoms. The van der Waals surface area contributed by atoms with E-state index >= 15 is 0 Å². The Labute approximate surface area is 137 Å². The molecule has 2 rings (SSSR count). The van der Waals surface area contributed by atoms with Gasteiger partial charge in [0.15, 0.2) is 0 Å². The molecule has 0 amide bonds. The molecule has 2 heterocycles. The third-order valence-electron chi connectivity index (χ3n) is 3.17. The van der Waals surface area contributed by atoms with Gasteiger partial charge in [0.2, 0.25) is 15.0 Å². The highest BCUT2D eigenvalue weighted by atomic mass is 32.2. The predicted octanol–water partition coefficient (Wildman–Crippen LogP) is -1.03. The smallest absolute Gasteiger partial charge is 0.264 e. The molecule has 0 fully saturated rings. The lowest BCUT2D eigenvalue weighted by atomic mass is 10.2. The van der Waals surface area contributed by atoms with Crippen LogP contribution in [0.3, 0.4) is 0 Å². The van der Waals surface area contributed by atoms with E-state index in [1.807, 2.05) is 0 Å². The van der Waals surface area contributed by atoms with E-state index in [0.717, 1.165) is 10.8 Å². The summed E-state index contributed by atoms with van der Waals surface area (Å²) in [6.45, 7) is -0.690. The maximum atomic E-state index is 12.3. The Hall–Kier alpha value is -1.89. The van der Waals surface area contributed by atoms with Gasteiger partial charge in [0.25, 0.3) is 15.7 Å². The molecule has 2 aromatic heterocycles. The van der Waals surface area contributed by atoms with Gasteiger partial charge in [0, 0.05) is 29.9 Å². The minimum absolute atomic E-state index is 0.00274. The highest BCUT2D eigenvalue weighted by molar-refractivity contribution is 7.90. The fourth-order valence-corrected chi connectivity index (χ4v) is 3.10. The quantitative estimate of drug-likeness (QED) is 0.474. The molecule has 12 heteroatoms. The molecule has 0 radical (unpaired) electrons. The first-order chi connectivity index (χ1) is 11.0. The van der Waals surface area contributed by atoms with Crippen LogP contribution in [0.2, 0.25) is 0 Å². The summed E-state index contributed by atoms with van der Waals surface area (Å²) in [4.78, 5) is 19.9. The number of hydrogen-bond donors (Lipinski definition) is 2. The van der Waals surface area contributed by atoms with Gasteiger partial charge in [-0.15, -0.1) is 0 Å². The van der Waals surface area contributed by atoms with E-state index in [1.165, 1.54) is 12.3 Å². The molecule has 0 aliphatic carbocycles. The second-order valence-corrected chi connectivity index (χ2v) is 8.61. The molecular formula is C12H15N3O7S2. The van der Waals surface area contributed by atoms with Crippen LogP contribution < -0.4 is 5.56 Å². The maximum Gasteiger partial charge on any atom is 0.264 e. The van der Waals surface area contributed by atoms with E-state index in [0.29, 0.717) is 5.39 Å². The van der Waals surface area contributed by atoms with Gasteiger partial charge in [-0.25, -0.2) is 13.4 Å². The molecule has 2 N–H and O–H groups in total. The van der Waals surface area contributed by atoms with E-state index in [4.69, 9.17) is 4.55 Å². The fourth-order valence-electron chi connectivity index (χ4n) is 2.11. The van der Waals surface area contributed by atoms with Crippen LogP contribution in [-0.2, 0) is 33.1 Å². The molecule has 0 spiro atoms. The van der Waals surface area contributed by atoms with Gasteiger partial charge in [-0.1, -0.05) is 0 Å². The van der Waals surface area contributed by atoms with Crippen molar-refractivity contribution in [2.24, 2.45) is 0 Å².